The molecule has 0 aromatic heterocycles. The van der Waals surface area contributed by atoms with Gasteiger partial charge in [-0.3, -0.25) is 15.0 Å². The maximum atomic E-state index is 12.1. The number of carbonyl (C=O) groups is 2. The molecule has 0 saturated heterocycles. The molecule has 2 rings (SSSR count). The molecule has 1 amide bonds. The number of rotatable bonds is 9. The van der Waals surface area contributed by atoms with Crippen molar-refractivity contribution in [3.63, 3.8) is 0 Å². The lowest BCUT2D eigenvalue weighted by molar-refractivity contribution is -0.156. The molecule has 0 unspecified atom stereocenters. The number of nitrogens with two attached hydrogens (primary N) is 2. The summed E-state index contributed by atoms with van der Waals surface area (Å²) in [5, 5.41) is 10.1. The molecule has 0 aliphatic carbocycles. The number of hydrogen-bond acceptors (Lipinski definition) is 5. The van der Waals surface area contributed by atoms with Gasteiger partial charge in [0.2, 0.25) is 0 Å². The third-order valence-corrected chi connectivity index (χ3v) is 4.28. The van der Waals surface area contributed by atoms with E-state index in [0.29, 0.717) is 18.4 Å². The second-order valence-electron chi connectivity index (χ2n) is 6.54. The summed E-state index contributed by atoms with van der Waals surface area (Å²) in [5.41, 5.74) is 13.8. The van der Waals surface area contributed by atoms with E-state index < -0.39 is 24.0 Å². The molecule has 2 aromatic carbocycles. The molecule has 0 spiro atoms. The van der Waals surface area contributed by atoms with Crippen molar-refractivity contribution in [2.45, 2.75) is 38.5 Å². The van der Waals surface area contributed by atoms with Crippen LogP contribution in [0.2, 0.25) is 0 Å². The molecule has 0 fully saturated rings. The second kappa shape index (κ2) is 11.8. The number of nitrogens with one attached hydrogen (secondary N) is 2. The number of aryl methyl sites for hydroxylation is 1. The van der Waals surface area contributed by atoms with Gasteiger partial charge in [0, 0.05) is 12.1 Å². The number of halogens is 1. The van der Waals surface area contributed by atoms with E-state index in [1.54, 1.807) is 24.3 Å². The van der Waals surface area contributed by atoms with Crippen molar-refractivity contribution in [1.29, 1.82) is 5.41 Å². The van der Waals surface area contributed by atoms with E-state index in [9.17, 15) is 9.59 Å². The van der Waals surface area contributed by atoms with Crippen molar-refractivity contribution in [2.24, 2.45) is 11.5 Å². The second-order valence-corrected chi connectivity index (χ2v) is 6.54. The summed E-state index contributed by atoms with van der Waals surface area (Å²) in [6, 6.07) is 15.9. The van der Waals surface area contributed by atoms with Crippen molar-refractivity contribution >= 4 is 30.1 Å². The molecule has 6 N–H and O–H groups in total. The highest BCUT2D eigenvalue weighted by atomic mass is 35.5. The minimum Gasteiger partial charge on any atom is -0.451 e. The minimum atomic E-state index is -0.938. The number of esters is 1. The Hall–Kier alpha value is -2.90. The first kappa shape index (κ1) is 24.1. The smallest absolute Gasteiger partial charge is 0.323 e. The molecule has 0 radical (unpaired) electrons. The topological polar surface area (TPSA) is 131 Å². The van der Waals surface area contributed by atoms with Gasteiger partial charge in [0.05, 0.1) is 0 Å². The molecule has 0 aliphatic rings. The Morgan fingerprint density at radius 2 is 1.69 bits per heavy atom. The van der Waals surface area contributed by atoms with Crippen LogP contribution in [0.1, 0.15) is 30.0 Å². The highest BCUT2D eigenvalue weighted by molar-refractivity contribution is 5.94. The molecule has 0 heterocycles. The van der Waals surface area contributed by atoms with Crippen molar-refractivity contribution in [1.82, 2.24) is 5.32 Å². The largest absolute Gasteiger partial charge is 0.451 e. The summed E-state index contributed by atoms with van der Waals surface area (Å²) < 4.78 is 5.18. The summed E-state index contributed by atoms with van der Waals surface area (Å²) in [6.07, 6.45) is 0.167. The lowest BCUT2D eigenvalue weighted by Crippen LogP contribution is -2.40. The molecule has 0 bridgehead atoms. The van der Waals surface area contributed by atoms with E-state index >= 15 is 0 Å². The highest BCUT2D eigenvalue weighted by Crippen LogP contribution is 2.07. The number of amidine groups is 1. The molecule has 2 atom stereocenters. The fourth-order valence-electron chi connectivity index (χ4n) is 2.53. The van der Waals surface area contributed by atoms with Crippen LogP contribution in [-0.2, 0) is 27.3 Å². The fraction of sp³-hybridized carbons (Fsp3) is 0.286. The first-order valence-electron chi connectivity index (χ1n) is 9.08. The van der Waals surface area contributed by atoms with Gasteiger partial charge in [-0.05, 0) is 30.9 Å². The maximum Gasteiger partial charge on any atom is 0.323 e. The highest BCUT2D eigenvalue weighted by Gasteiger charge is 2.22. The fourth-order valence-corrected chi connectivity index (χ4v) is 2.53. The van der Waals surface area contributed by atoms with Crippen LogP contribution in [0.15, 0.2) is 54.6 Å². The quantitative estimate of drug-likeness (QED) is 0.280. The predicted molar refractivity (Wildman–Crippen MR) is 115 cm³/mol. The van der Waals surface area contributed by atoms with Gasteiger partial charge in [-0.15, -0.1) is 12.4 Å². The zero-order valence-electron chi connectivity index (χ0n) is 16.3. The Morgan fingerprint density at radius 3 is 2.28 bits per heavy atom. The van der Waals surface area contributed by atoms with Crippen molar-refractivity contribution < 1.29 is 14.3 Å². The van der Waals surface area contributed by atoms with E-state index in [0.717, 1.165) is 11.1 Å². The van der Waals surface area contributed by atoms with Crippen LogP contribution >= 0.6 is 12.4 Å². The summed E-state index contributed by atoms with van der Waals surface area (Å²) in [5.74, 6) is -1.01. The molecule has 8 heteroatoms. The Balaban J connectivity index is 0.00000420. The van der Waals surface area contributed by atoms with Crippen molar-refractivity contribution in [2.75, 3.05) is 0 Å². The van der Waals surface area contributed by atoms with Crippen LogP contribution in [0.5, 0.6) is 0 Å². The third-order valence-electron chi connectivity index (χ3n) is 4.28. The third kappa shape index (κ3) is 7.93. The number of hydrogen-bond donors (Lipinski definition) is 4. The number of amides is 1. The van der Waals surface area contributed by atoms with E-state index in [4.69, 9.17) is 21.6 Å². The van der Waals surface area contributed by atoms with Gasteiger partial charge < -0.3 is 21.5 Å². The van der Waals surface area contributed by atoms with Gasteiger partial charge in [0.25, 0.3) is 5.91 Å². The van der Waals surface area contributed by atoms with Gasteiger partial charge >= 0.3 is 5.97 Å². The zero-order chi connectivity index (χ0) is 20.5. The molecule has 0 aliphatic heterocycles. The van der Waals surface area contributed by atoms with Gasteiger partial charge in [-0.1, -0.05) is 54.6 Å². The monoisotopic (exact) mass is 418 g/mol. The SMILES string of the molecule is C[C@H](OC(=O)[C@H](N)CCc1ccccc1)C(=O)NCc1ccc(C(=N)N)cc1.Cl. The van der Waals surface area contributed by atoms with Crippen molar-refractivity contribution in [3.05, 3.63) is 71.3 Å². The van der Waals surface area contributed by atoms with Gasteiger partial charge in [0.1, 0.15) is 11.9 Å². The molecular formula is C21H27ClN4O3. The first-order chi connectivity index (χ1) is 13.4. The number of ether oxygens (including phenoxy) is 1. The minimum absolute atomic E-state index is 0. The van der Waals surface area contributed by atoms with Gasteiger partial charge in [0.15, 0.2) is 6.10 Å². The average molecular weight is 419 g/mol. The van der Waals surface area contributed by atoms with E-state index in [-0.39, 0.29) is 24.8 Å². The molecule has 0 saturated carbocycles. The number of carbonyl (C=O) groups excluding carboxylic acids is 2. The Kier molecular flexibility index (Phi) is 9.85. The number of benzene rings is 2. The number of nitrogen functional groups attached to an aromatic ring is 1. The van der Waals surface area contributed by atoms with Crippen LogP contribution in [0.25, 0.3) is 0 Å². The molecule has 29 heavy (non-hydrogen) atoms. The molecular weight excluding hydrogens is 392 g/mol. The lowest BCUT2D eigenvalue weighted by atomic mass is 10.1. The maximum absolute atomic E-state index is 12.1. The van der Waals surface area contributed by atoms with E-state index in [2.05, 4.69) is 5.32 Å². The first-order valence-corrected chi connectivity index (χ1v) is 9.08. The molecule has 7 nitrogen and oxygen atoms in total. The summed E-state index contributed by atoms with van der Waals surface area (Å²) in [6.45, 7) is 1.79. The van der Waals surface area contributed by atoms with Gasteiger partial charge in [-0.2, -0.15) is 0 Å². The van der Waals surface area contributed by atoms with E-state index in [1.807, 2.05) is 30.3 Å². The zero-order valence-corrected chi connectivity index (χ0v) is 17.1. The van der Waals surface area contributed by atoms with Crippen LogP contribution in [-0.4, -0.2) is 29.9 Å². The molecule has 2 aromatic rings. The lowest BCUT2D eigenvalue weighted by Gasteiger charge is -2.17. The summed E-state index contributed by atoms with van der Waals surface area (Å²) in [4.78, 5) is 24.2. The van der Waals surface area contributed by atoms with Crippen LogP contribution in [0, 0.1) is 5.41 Å². The summed E-state index contributed by atoms with van der Waals surface area (Å²) in [7, 11) is 0. The van der Waals surface area contributed by atoms with Gasteiger partial charge in [-0.25, -0.2) is 0 Å². The van der Waals surface area contributed by atoms with Crippen LogP contribution in [0.4, 0.5) is 0 Å². The summed E-state index contributed by atoms with van der Waals surface area (Å²) >= 11 is 0. The van der Waals surface area contributed by atoms with Crippen LogP contribution in [0.3, 0.4) is 0 Å². The Morgan fingerprint density at radius 1 is 1.07 bits per heavy atom. The average Bonchev–Trinajstić information content (AvgIpc) is 2.71. The predicted octanol–water partition coefficient (Wildman–Crippen LogP) is 1.90. The normalized spacial score (nSPS) is 12.2. The van der Waals surface area contributed by atoms with E-state index in [1.165, 1.54) is 6.92 Å². The van der Waals surface area contributed by atoms with Crippen LogP contribution < -0.4 is 16.8 Å². The van der Waals surface area contributed by atoms with Crippen molar-refractivity contribution in [3.8, 4) is 0 Å². The standard InChI is InChI=1S/C21H26N4O3.ClH/c1-14(20(26)25-13-16-7-10-17(11-8-16)19(23)24)28-21(27)18(22)12-9-15-5-3-2-4-6-15;/h2-8,10-11,14,18H,9,12-13,22H2,1H3,(H3,23,24)(H,25,26);1H/t14-,18+;/m0./s1. The Bertz CT molecular complexity index is 812. The molecule has 156 valence electrons. The Labute approximate surface area is 176 Å².